The molecule has 0 fully saturated rings. The molecular formula is C37H52N2NaO8S+. The fraction of sp³-hybridized carbons (Fsp3) is 0.514. The molecule has 0 aromatic heterocycles. The van der Waals surface area contributed by atoms with Gasteiger partial charge in [-0.1, -0.05) is 47.6 Å². The molecule has 2 heterocycles. The van der Waals surface area contributed by atoms with Gasteiger partial charge in [0.25, 0.3) is 0 Å². The maximum Gasteiger partial charge on any atom is 1.00 e. The molecule has 10 nitrogen and oxygen atoms in total. The number of ether oxygens (including phenoxy) is 2. The average molecular weight is 708 g/mol. The van der Waals surface area contributed by atoms with Crippen LogP contribution in [0.25, 0.3) is 17.4 Å². The maximum atomic E-state index is 11.2. The number of anilines is 1. The van der Waals surface area contributed by atoms with Crippen LogP contribution in [0.15, 0.2) is 58.4 Å². The first kappa shape index (κ1) is 42.7. The molecule has 0 unspecified atom stereocenters. The zero-order valence-corrected chi connectivity index (χ0v) is 33.3. The second-order valence-electron chi connectivity index (χ2n) is 13.8. The Morgan fingerprint density at radius 3 is 2.27 bits per heavy atom. The third-order valence-corrected chi connectivity index (χ3v) is 9.34. The second kappa shape index (κ2) is 18.6. The van der Waals surface area contributed by atoms with Gasteiger partial charge in [-0.05, 0) is 65.8 Å². The fourth-order valence-corrected chi connectivity index (χ4v) is 6.47. The molecule has 0 radical (unpaired) electrons. The van der Waals surface area contributed by atoms with Crippen molar-refractivity contribution in [3.05, 3.63) is 71.3 Å². The fourth-order valence-electron chi connectivity index (χ4n) is 5.98. The van der Waals surface area contributed by atoms with Gasteiger partial charge in [0.15, 0.2) is 13.1 Å². The summed E-state index contributed by atoms with van der Waals surface area (Å²) in [6, 6.07) is 13.0. The summed E-state index contributed by atoms with van der Waals surface area (Å²) in [4.78, 5) is 12.5. The number of fused-ring (bicyclic) bond motifs is 2. The number of unbranched alkanes of at least 4 members (excludes halogenated alkanes) is 2. The molecule has 1 aliphatic carbocycles. The maximum absolute atomic E-state index is 11.2. The number of carbonyl (C=O) groups is 1. The number of nitrogens with zero attached hydrogens (tertiary/aromatic N) is 2. The Hall–Kier alpha value is -2.51. The van der Waals surface area contributed by atoms with Crippen LogP contribution in [0.5, 0.6) is 0 Å². The molecule has 1 aromatic carbocycles. The van der Waals surface area contributed by atoms with Gasteiger partial charge in [0.2, 0.25) is 5.36 Å². The summed E-state index contributed by atoms with van der Waals surface area (Å²) >= 11 is 0. The van der Waals surface area contributed by atoms with E-state index < -0.39 is 16.1 Å². The van der Waals surface area contributed by atoms with Crippen LogP contribution in [-0.4, -0.2) is 77.7 Å². The first-order valence-corrected chi connectivity index (χ1v) is 17.8. The minimum absolute atomic E-state index is 0. The zero-order chi connectivity index (χ0) is 35.7. The summed E-state index contributed by atoms with van der Waals surface area (Å²) in [6.45, 7) is 19.0. The van der Waals surface area contributed by atoms with Crippen LogP contribution in [0, 0.1) is 0 Å². The molecule has 0 saturated carbocycles. The monoisotopic (exact) mass is 707 g/mol. The SMILES string of the molecule is C=Cc1cc(C(C)(C)C)c2ccc(=[N+](CCOC)CCOC)cc-2o1.CC1(C)CN(CCCCCC(=O)O)c2ccc(S(=O)(=O)[O-])cc21.[Na+]. The Morgan fingerprint density at radius 1 is 1.06 bits per heavy atom. The molecule has 49 heavy (non-hydrogen) atoms. The van der Waals surface area contributed by atoms with Crippen LogP contribution in [0.3, 0.4) is 0 Å². The Morgan fingerprint density at radius 2 is 1.71 bits per heavy atom. The average Bonchev–Trinajstić information content (AvgIpc) is 3.28. The van der Waals surface area contributed by atoms with Crippen LogP contribution in [-0.2, 0) is 35.2 Å². The number of carboxylic acids is 1. The van der Waals surface area contributed by atoms with E-state index in [1.54, 1.807) is 26.4 Å². The zero-order valence-electron chi connectivity index (χ0n) is 30.5. The number of rotatable bonds is 14. The van der Waals surface area contributed by atoms with Gasteiger partial charge in [0.05, 0.1) is 11.0 Å². The third-order valence-electron chi connectivity index (χ3n) is 8.51. The van der Waals surface area contributed by atoms with E-state index in [1.807, 2.05) is 13.8 Å². The number of methoxy groups -OCH3 is 2. The van der Waals surface area contributed by atoms with Crippen LogP contribution >= 0.6 is 0 Å². The van der Waals surface area contributed by atoms with E-state index in [0.29, 0.717) is 19.6 Å². The molecule has 0 spiro atoms. The van der Waals surface area contributed by atoms with Gasteiger partial charge in [-0.3, -0.25) is 4.79 Å². The standard InChI is InChI=1S/C21H30NO3.C16H23NO5S.Na/c1-7-17-15-19(21(2,3)4)18-9-8-16(14-20(18)25-17)22(10-12-23-5)11-13-24-6;1-16(2)11-17(9-5-3-4-6-15(18)19)14-8-7-12(10-13(14)16)23(20,21)22;/h7-9,14-15H,1,10-13H2,2-6H3;7-8,10H,3-6,9,11H2,1-2H3,(H,18,19)(H,20,21,22);/q+1;;+1/p-1. The van der Waals surface area contributed by atoms with E-state index in [-0.39, 0.29) is 51.7 Å². The van der Waals surface area contributed by atoms with Crippen molar-refractivity contribution in [2.75, 3.05) is 58.5 Å². The number of carboxylic acid groups (broad SMARTS) is 1. The van der Waals surface area contributed by atoms with Crippen molar-refractivity contribution in [2.45, 2.75) is 76.0 Å². The molecule has 0 atom stereocenters. The number of aliphatic carboxylic acids is 1. The van der Waals surface area contributed by atoms with Crippen LogP contribution < -0.4 is 44.4 Å². The van der Waals surface area contributed by atoms with Crippen LogP contribution in [0.4, 0.5) is 5.69 Å². The first-order chi connectivity index (χ1) is 22.5. The molecule has 0 amide bonds. The molecule has 3 aliphatic rings. The molecule has 0 bridgehead atoms. The van der Waals surface area contributed by atoms with Crippen molar-refractivity contribution >= 4 is 27.9 Å². The minimum atomic E-state index is -4.45. The normalized spacial score (nSPS) is 13.7. The van der Waals surface area contributed by atoms with Crippen molar-refractivity contribution in [3.8, 4) is 11.3 Å². The topological polar surface area (TPSA) is 132 Å². The first-order valence-electron chi connectivity index (χ1n) is 16.4. The van der Waals surface area contributed by atoms with Gasteiger partial charge < -0.3 is 28.5 Å². The van der Waals surface area contributed by atoms with Crippen molar-refractivity contribution in [1.29, 1.82) is 0 Å². The minimum Gasteiger partial charge on any atom is -0.744 e. The van der Waals surface area contributed by atoms with E-state index in [2.05, 4.69) is 61.1 Å². The third kappa shape index (κ3) is 12.1. The van der Waals surface area contributed by atoms with Crippen molar-refractivity contribution < 1.29 is 66.3 Å². The summed E-state index contributed by atoms with van der Waals surface area (Å²) in [5, 5.41) is 9.73. The smallest absolute Gasteiger partial charge is 0.744 e. The van der Waals surface area contributed by atoms with Gasteiger partial charge in [-0.25, -0.2) is 13.0 Å². The molecule has 1 aromatic rings. The molecule has 2 aliphatic heterocycles. The van der Waals surface area contributed by atoms with Gasteiger partial charge in [0, 0.05) is 56.5 Å². The number of hydrogen-bond donors (Lipinski definition) is 1. The van der Waals surface area contributed by atoms with E-state index >= 15 is 0 Å². The summed E-state index contributed by atoms with van der Waals surface area (Å²) in [5.74, 6) is 0.888. The molecule has 1 N–H and O–H groups in total. The summed E-state index contributed by atoms with van der Waals surface area (Å²) < 4.78 is 52.4. The van der Waals surface area contributed by atoms with Crippen LogP contribution in [0.1, 0.15) is 77.2 Å². The molecule has 0 saturated heterocycles. The van der Waals surface area contributed by atoms with Gasteiger partial charge in [0.1, 0.15) is 34.9 Å². The predicted molar refractivity (Wildman–Crippen MR) is 189 cm³/mol. The van der Waals surface area contributed by atoms with E-state index in [0.717, 1.165) is 72.7 Å². The van der Waals surface area contributed by atoms with Crippen molar-refractivity contribution in [1.82, 2.24) is 4.58 Å². The quantitative estimate of drug-likeness (QED) is 0.116. The molecule has 4 rings (SSSR count). The van der Waals surface area contributed by atoms with Crippen molar-refractivity contribution in [2.24, 2.45) is 0 Å². The van der Waals surface area contributed by atoms with E-state index in [9.17, 15) is 17.8 Å². The summed E-state index contributed by atoms with van der Waals surface area (Å²) in [5.41, 5.74) is 4.04. The summed E-state index contributed by atoms with van der Waals surface area (Å²) in [7, 11) is -1.01. The Bertz CT molecular complexity index is 1700. The predicted octanol–water partition coefficient (Wildman–Crippen LogP) is 2.73. The van der Waals surface area contributed by atoms with Crippen molar-refractivity contribution in [3.63, 3.8) is 0 Å². The van der Waals surface area contributed by atoms with Gasteiger partial charge in [-0.2, -0.15) is 0 Å². The molecular weight excluding hydrogens is 655 g/mol. The largest absolute Gasteiger partial charge is 1.00 e. The second-order valence-corrected chi connectivity index (χ2v) is 15.2. The molecule has 264 valence electrons. The Balaban J connectivity index is 0.000000334. The number of hydrogen-bond acceptors (Lipinski definition) is 8. The van der Waals surface area contributed by atoms with Gasteiger partial charge in [-0.15, -0.1) is 0 Å². The van der Waals surface area contributed by atoms with E-state index in [1.165, 1.54) is 17.7 Å². The van der Waals surface area contributed by atoms with Gasteiger partial charge >= 0.3 is 35.5 Å². The number of benzene rings is 2. The van der Waals surface area contributed by atoms with E-state index in [4.69, 9.17) is 19.0 Å². The molecule has 12 heteroatoms. The Kier molecular flexibility index (Phi) is 16.2. The Labute approximate surface area is 314 Å². The van der Waals surface area contributed by atoms with Crippen LogP contribution in [0.2, 0.25) is 0 Å². The summed E-state index contributed by atoms with van der Waals surface area (Å²) in [6.07, 6.45) is 4.32.